The van der Waals surface area contributed by atoms with Crippen LogP contribution in [0.3, 0.4) is 0 Å². The maximum Gasteiger partial charge on any atom is 0.124 e. The molecule has 1 N–H and O–H groups in total. The van der Waals surface area contributed by atoms with Crippen molar-refractivity contribution in [3.05, 3.63) is 35.1 Å². The molecule has 1 heterocycles. The minimum atomic E-state index is -0.376. The molecular weight excluding hydrogens is 219 g/mol. The lowest BCUT2D eigenvalue weighted by Crippen LogP contribution is -2.31. The van der Waals surface area contributed by atoms with Crippen molar-refractivity contribution in [3.8, 4) is 6.07 Å². The van der Waals surface area contributed by atoms with Gasteiger partial charge in [-0.3, -0.25) is 4.90 Å². The topological polar surface area (TPSA) is 47.3 Å². The Kier molecular flexibility index (Phi) is 3.72. The second-order valence-electron chi connectivity index (χ2n) is 4.41. The molecule has 90 valence electrons. The summed E-state index contributed by atoms with van der Waals surface area (Å²) in [5, 5.41) is 18.0. The normalized spacial score (nSPS) is 20.4. The summed E-state index contributed by atoms with van der Waals surface area (Å²) in [6.07, 6.45) is 2.04. The van der Waals surface area contributed by atoms with Gasteiger partial charge in [0.15, 0.2) is 0 Å². The number of aliphatic hydroxyl groups excluding tert-OH is 1. The first-order valence-corrected chi connectivity index (χ1v) is 5.77. The van der Waals surface area contributed by atoms with E-state index in [0.29, 0.717) is 12.1 Å². The number of nitriles is 1. The number of nitrogens with zero attached hydrogens (tertiary/aromatic N) is 2. The van der Waals surface area contributed by atoms with E-state index in [1.807, 2.05) is 6.07 Å². The van der Waals surface area contributed by atoms with Crippen LogP contribution < -0.4 is 0 Å². The van der Waals surface area contributed by atoms with Crippen LogP contribution in [0.25, 0.3) is 0 Å². The highest BCUT2D eigenvalue weighted by Gasteiger charge is 2.23. The predicted octanol–water partition coefficient (Wildman–Crippen LogP) is 1.65. The standard InChI is InChI=1S/C13H15FN2O/c14-12-5-10(7-15)4-11(6-12)8-16-3-1-2-13(16)9-17/h4-6,13,17H,1-3,8-9H2. The number of benzene rings is 1. The third kappa shape index (κ3) is 2.82. The summed E-state index contributed by atoms with van der Waals surface area (Å²) in [4.78, 5) is 2.13. The van der Waals surface area contributed by atoms with Crippen LogP contribution in [-0.4, -0.2) is 29.2 Å². The fourth-order valence-electron chi connectivity index (χ4n) is 2.35. The average molecular weight is 234 g/mol. The van der Waals surface area contributed by atoms with E-state index < -0.39 is 0 Å². The lowest BCUT2D eigenvalue weighted by molar-refractivity contribution is 0.153. The molecule has 1 fully saturated rings. The Labute approximate surface area is 100 Å². The summed E-state index contributed by atoms with van der Waals surface area (Å²) in [5.74, 6) is -0.376. The van der Waals surface area contributed by atoms with Gasteiger partial charge < -0.3 is 5.11 Å². The molecule has 0 spiro atoms. The summed E-state index contributed by atoms with van der Waals surface area (Å²) in [6, 6.07) is 6.51. The van der Waals surface area contributed by atoms with Gasteiger partial charge in [-0.2, -0.15) is 5.26 Å². The molecule has 0 amide bonds. The lowest BCUT2D eigenvalue weighted by atomic mass is 10.1. The minimum Gasteiger partial charge on any atom is -0.395 e. The number of hydrogen-bond acceptors (Lipinski definition) is 3. The van der Waals surface area contributed by atoms with Crippen LogP contribution in [-0.2, 0) is 6.54 Å². The van der Waals surface area contributed by atoms with E-state index in [9.17, 15) is 9.50 Å². The van der Waals surface area contributed by atoms with Crippen molar-refractivity contribution in [2.75, 3.05) is 13.2 Å². The molecule has 1 atom stereocenters. The molecule has 1 aromatic carbocycles. The first-order valence-electron chi connectivity index (χ1n) is 5.77. The summed E-state index contributed by atoms with van der Waals surface area (Å²) >= 11 is 0. The third-order valence-electron chi connectivity index (χ3n) is 3.18. The zero-order valence-corrected chi connectivity index (χ0v) is 9.56. The third-order valence-corrected chi connectivity index (χ3v) is 3.18. The Morgan fingerprint density at radius 1 is 1.47 bits per heavy atom. The van der Waals surface area contributed by atoms with Gasteiger partial charge in [-0.15, -0.1) is 0 Å². The molecule has 4 heteroatoms. The van der Waals surface area contributed by atoms with Crippen molar-refractivity contribution < 1.29 is 9.50 Å². The van der Waals surface area contributed by atoms with Gasteiger partial charge in [0, 0.05) is 12.6 Å². The summed E-state index contributed by atoms with van der Waals surface area (Å²) in [7, 11) is 0. The molecule has 0 radical (unpaired) electrons. The monoisotopic (exact) mass is 234 g/mol. The van der Waals surface area contributed by atoms with Gasteiger partial charge in [0.1, 0.15) is 5.82 Å². The molecule has 0 bridgehead atoms. The molecule has 1 aliphatic rings. The van der Waals surface area contributed by atoms with Crippen molar-refractivity contribution >= 4 is 0 Å². The molecule has 0 aliphatic carbocycles. The van der Waals surface area contributed by atoms with E-state index in [4.69, 9.17) is 5.26 Å². The first kappa shape index (κ1) is 12.0. The van der Waals surface area contributed by atoms with Crippen molar-refractivity contribution in [1.82, 2.24) is 4.90 Å². The zero-order valence-electron chi connectivity index (χ0n) is 9.56. The van der Waals surface area contributed by atoms with E-state index >= 15 is 0 Å². The molecule has 0 saturated carbocycles. The molecule has 3 nitrogen and oxygen atoms in total. The van der Waals surface area contributed by atoms with Gasteiger partial charge in [-0.05, 0) is 43.1 Å². The van der Waals surface area contributed by atoms with Crippen molar-refractivity contribution in [2.45, 2.75) is 25.4 Å². The maximum absolute atomic E-state index is 13.2. The molecular formula is C13H15FN2O. The van der Waals surface area contributed by atoms with E-state index in [2.05, 4.69) is 4.90 Å². The maximum atomic E-state index is 13.2. The Balaban J connectivity index is 2.13. The van der Waals surface area contributed by atoms with Gasteiger partial charge in [0.2, 0.25) is 0 Å². The molecule has 1 aliphatic heterocycles. The molecule has 2 rings (SSSR count). The quantitative estimate of drug-likeness (QED) is 0.865. The van der Waals surface area contributed by atoms with Crippen molar-refractivity contribution in [2.24, 2.45) is 0 Å². The van der Waals surface area contributed by atoms with Gasteiger partial charge in [0.25, 0.3) is 0 Å². The van der Waals surface area contributed by atoms with Crippen molar-refractivity contribution in [1.29, 1.82) is 5.26 Å². The highest BCUT2D eigenvalue weighted by atomic mass is 19.1. The van der Waals surface area contributed by atoms with Crippen LogP contribution in [0.1, 0.15) is 24.0 Å². The fraction of sp³-hybridized carbons (Fsp3) is 0.462. The van der Waals surface area contributed by atoms with Crippen LogP contribution in [0.15, 0.2) is 18.2 Å². The molecule has 0 aromatic heterocycles. The number of aliphatic hydroxyl groups is 1. The average Bonchev–Trinajstić information content (AvgIpc) is 2.75. The van der Waals surface area contributed by atoms with E-state index in [1.165, 1.54) is 12.1 Å². The summed E-state index contributed by atoms with van der Waals surface area (Å²) in [6.45, 7) is 1.65. The lowest BCUT2D eigenvalue weighted by Gasteiger charge is -2.22. The molecule has 1 unspecified atom stereocenters. The first-order chi connectivity index (χ1) is 8.22. The highest BCUT2D eigenvalue weighted by molar-refractivity contribution is 5.33. The number of hydrogen-bond donors (Lipinski definition) is 1. The second-order valence-corrected chi connectivity index (χ2v) is 4.41. The Hall–Kier alpha value is -1.44. The summed E-state index contributed by atoms with van der Waals surface area (Å²) < 4.78 is 13.2. The SMILES string of the molecule is N#Cc1cc(F)cc(CN2CCCC2CO)c1. The predicted molar refractivity (Wildman–Crippen MR) is 61.6 cm³/mol. The van der Waals surface area contributed by atoms with E-state index in [-0.39, 0.29) is 18.5 Å². The summed E-state index contributed by atoms with van der Waals surface area (Å²) in [5.41, 5.74) is 1.14. The minimum absolute atomic E-state index is 0.139. The number of halogens is 1. The number of rotatable bonds is 3. The van der Waals surface area contributed by atoms with Crippen LogP contribution in [0.2, 0.25) is 0 Å². The Morgan fingerprint density at radius 2 is 2.29 bits per heavy atom. The highest BCUT2D eigenvalue weighted by Crippen LogP contribution is 2.20. The van der Waals surface area contributed by atoms with E-state index in [0.717, 1.165) is 24.9 Å². The zero-order chi connectivity index (χ0) is 12.3. The van der Waals surface area contributed by atoms with Gasteiger partial charge >= 0.3 is 0 Å². The largest absolute Gasteiger partial charge is 0.395 e. The molecule has 1 saturated heterocycles. The smallest absolute Gasteiger partial charge is 0.124 e. The van der Waals surface area contributed by atoms with Gasteiger partial charge in [0.05, 0.1) is 18.2 Å². The van der Waals surface area contributed by atoms with Gasteiger partial charge in [-0.25, -0.2) is 4.39 Å². The second kappa shape index (κ2) is 5.26. The van der Waals surface area contributed by atoms with Crippen LogP contribution in [0, 0.1) is 17.1 Å². The number of likely N-dealkylation sites (tertiary alicyclic amines) is 1. The van der Waals surface area contributed by atoms with Crippen LogP contribution in [0.4, 0.5) is 4.39 Å². The Bertz CT molecular complexity index is 442. The Morgan fingerprint density at radius 3 is 3.00 bits per heavy atom. The van der Waals surface area contributed by atoms with Crippen molar-refractivity contribution in [3.63, 3.8) is 0 Å². The van der Waals surface area contributed by atoms with Crippen LogP contribution >= 0.6 is 0 Å². The van der Waals surface area contributed by atoms with E-state index in [1.54, 1.807) is 6.07 Å². The van der Waals surface area contributed by atoms with Gasteiger partial charge in [-0.1, -0.05) is 0 Å². The molecule has 1 aromatic rings. The van der Waals surface area contributed by atoms with Crippen LogP contribution in [0.5, 0.6) is 0 Å². The fourth-order valence-corrected chi connectivity index (χ4v) is 2.35. The molecule has 17 heavy (non-hydrogen) atoms.